The van der Waals surface area contributed by atoms with E-state index < -0.39 is 0 Å². The summed E-state index contributed by atoms with van der Waals surface area (Å²) >= 11 is 0. The SMILES string of the molecule is COc1cccc(-c2cccc(N3CCC(NCC4CCN(C)C4)CC3)c2)c1. The third-order valence-corrected chi connectivity index (χ3v) is 6.29. The Bertz CT molecular complexity index is 770. The number of hydrogen-bond donors (Lipinski definition) is 1. The van der Waals surface area contributed by atoms with Gasteiger partial charge in [-0.25, -0.2) is 0 Å². The summed E-state index contributed by atoms with van der Waals surface area (Å²) in [6.45, 7) is 5.95. The molecule has 0 aromatic heterocycles. The van der Waals surface area contributed by atoms with Crippen molar-refractivity contribution >= 4 is 5.69 Å². The van der Waals surface area contributed by atoms with Crippen LogP contribution in [0.2, 0.25) is 0 Å². The second kappa shape index (κ2) is 8.97. The van der Waals surface area contributed by atoms with Crippen LogP contribution in [0.15, 0.2) is 48.5 Å². The van der Waals surface area contributed by atoms with Crippen LogP contribution < -0.4 is 15.0 Å². The van der Waals surface area contributed by atoms with Crippen LogP contribution in [0.5, 0.6) is 5.75 Å². The maximum Gasteiger partial charge on any atom is 0.119 e. The molecule has 4 heteroatoms. The van der Waals surface area contributed by atoms with E-state index in [1.54, 1.807) is 7.11 Å². The second-order valence-corrected chi connectivity index (χ2v) is 8.37. The van der Waals surface area contributed by atoms with Gasteiger partial charge in [-0.2, -0.15) is 0 Å². The number of rotatable bonds is 6. The minimum atomic E-state index is 0.670. The number of likely N-dealkylation sites (tertiary alicyclic amines) is 1. The molecule has 1 unspecified atom stereocenters. The number of nitrogens with zero attached hydrogens (tertiary/aromatic N) is 2. The molecule has 0 saturated carbocycles. The van der Waals surface area contributed by atoms with E-state index in [1.807, 2.05) is 6.07 Å². The van der Waals surface area contributed by atoms with Gasteiger partial charge >= 0.3 is 0 Å². The van der Waals surface area contributed by atoms with Crippen molar-refractivity contribution in [1.82, 2.24) is 10.2 Å². The van der Waals surface area contributed by atoms with E-state index in [9.17, 15) is 0 Å². The van der Waals surface area contributed by atoms with Gasteiger partial charge in [0.1, 0.15) is 5.75 Å². The number of anilines is 1. The number of benzene rings is 2. The van der Waals surface area contributed by atoms with E-state index >= 15 is 0 Å². The Labute approximate surface area is 169 Å². The molecule has 28 heavy (non-hydrogen) atoms. The fourth-order valence-electron chi connectivity index (χ4n) is 4.55. The van der Waals surface area contributed by atoms with Gasteiger partial charge in [-0.15, -0.1) is 0 Å². The lowest BCUT2D eigenvalue weighted by molar-refractivity contribution is 0.357. The van der Waals surface area contributed by atoms with Gasteiger partial charge in [0.15, 0.2) is 0 Å². The monoisotopic (exact) mass is 379 g/mol. The van der Waals surface area contributed by atoms with E-state index in [0.717, 1.165) is 24.8 Å². The molecule has 2 aromatic rings. The summed E-state index contributed by atoms with van der Waals surface area (Å²) in [5, 5.41) is 3.84. The molecule has 0 radical (unpaired) electrons. The van der Waals surface area contributed by atoms with Crippen LogP contribution in [0.3, 0.4) is 0 Å². The summed E-state index contributed by atoms with van der Waals surface area (Å²) in [7, 11) is 3.96. The van der Waals surface area contributed by atoms with Gasteiger partial charge in [0.05, 0.1) is 7.11 Å². The van der Waals surface area contributed by atoms with Crippen LogP contribution in [0.25, 0.3) is 11.1 Å². The number of piperidine rings is 1. The van der Waals surface area contributed by atoms with Crippen molar-refractivity contribution in [1.29, 1.82) is 0 Å². The van der Waals surface area contributed by atoms with Gasteiger partial charge in [-0.3, -0.25) is 0 Å². The molecule has 0 amide bonds. The standard InChI is InChI=1S/C24H33N3O/c1-26-12-9-19(18-26)17-25-22-10-13-27(14-11-22)23-7-3-5-20(15-23)21-6-4-8-24(16-21)28-2/h3-8,15-16,19,22,25H,9-14,17-18H2,1-2H3. The van der Waals surface area contributed by atoms with Crippen molar-refractivity contribution in [3.8, 4) is 16.9 Å². The van der Waals surface area contributed by atoms with Crippen molar-refractivity contribution in [2.75, 3.05) is 51.8 Å². The first-order valence-electron chi connectivity index (χ1n) is 10.6. The minimum Gasteiger partial charge on any atom is -0.497 e. The molecule has 2 saturated heterocycles. The third kappa shape index (κ3) is 4.68. The van der Waals surface area contributed by atoms with E-state index in [-0.39, 0.29) is 0 Å². The normalized spacial score (nSPS) is 21.2. The highest BCUT2D eigenvalue weighted by Crippen LogP contribution is 2.29. The Morgan fingerprint density at radius 1 is 0.964 bits per heavy atom. The lowest BCUT2D eigenvalue weighted by Crippen LogP contribution is -2.44. The molecule has 2 heterocycles. The highest BCUT2D eigenvalue weighted by atomic mass is 16.5. The number of ether oxygens (including phenoxy) is 1. The molecule has 0 aliphatic carbocycles. The van der Waals surface area contributed by atoms with Crippen LogP contribution in [-0.4, -0.2) is 57.8 Å². The van der Waals surface area contributed by atoms with Gasteiger partial charge in [-0.1, -0.05) is 24.3 Å². The van der Waals surface area contributed by atoms with Crippen LogP contribution in [0.1, 0.15) is 19.3 Å². The van der Waals surface area contributed by atoms with Crippen molar-refractivity contribution < 1.29 is 4.74 Å². The van der Waals surface area contributed by atoms with Gasteiger partial charge in [-0.05, 0) is 80.7 Å². The summed E-state index contributed by atoms with van der Waals surface area (Å²) in [6.07, 6.45) is 3.80. The maximum absolute atomic E-state index is 5.38. The lowest BCUT2D eigenvalue weighted by atomic mass is 10.0. The van der Waals surface area contributed by atoms with Crippen LogP contribution >= 0.6 is 0 Å². The average molecular weight is 380 g/mol. The summed E-state index contributed by atoms with van der Waals surface area (Å²) in [5.41, 5.74) is 3.79. The van der Waals surface area contributed by atoms with Gasteiger partial charge in [0, 0.05) is 31.4 Å². The topological polar surface area (TPSA) is 27.7 Å². The number of methoxy groups -OCH3 is 1. The summed E-state index contributed by atoms with van der Waals surface area (Å²) < 4.78 is 5.38. The highest BCUT2D eigenvalue weighted by Gasteiger charge is 2.23. The third-order valence-electron chi connectivity index (χ3n) is 6.29. The molecule has 1 N–H and O–H groups in total. The smallest absolute Gasteiger partial charge is 0.119 e. The minimum absolute atomic E-state index is 0.670. The molecule has 2 aliphatic rings. The van der Waals surface area contributed by atoms with Crippen molar-refractivity contribution in [3.05, 3.63) is 48.5 Å². The number of nitrogens with one attached hydrogen (secondary N) is 1. The fraction of sp³-hybridized carbons (Fsp3) is 0.500. The molecular formula is C24H33N3O. The molecule has 0 spiro atoms. The quantitative estimate of drug-likeness (QED) is 0.825. The Kier molecular flexibility index (Phi) is 6.18. The van der Waals surface area contributed by atoms with E-state index in [0.29, 0.717) is 6.04 Å². The molecule has 4 rings (SSSR count). The molecule has 2 aliphatic heterocycles. The molecule has 1 atom stereocenters. The number of hydrogen-bond acceptors (Lipinski definition) is 4. The van der Waals surface area contributed by atoms with E-state index in [2.05, 4.69) is 64.6 Å². The second-order valence-electron chi connectivity index (χ2n) is 8.37. The lowest BCUT2D eigenvalue weighted by Gasteiger charge is -2.34. The Balaban J connectivity index is 1.33. The van der Waals surface area contributed by atoms with Gasteiger partial charge < -0.3 is 19.9 Å². The molecule has 150 valence electrons. The van der Waals surface area contributed by atoms with Crippen LogP contribution in [0, 0.1) is 5.92 Å². The van der Waals surface area contributed by atoms with E-state index in [4.69, 9.17) is 4.74 Å². The van der Waals surface area contributed by atoms with Gasteiger partial charge in [0.25, 0.3) is 0 Å². The first kappa shape index (κ1) is 19.3. The molecule has 2 aromatic carbocycles. The summed E-state index contributed by atoms with van der Waals surface area (Å²) in [5.74, 6) is 1.74. The molecule has 2 fully saturated rings. The predicted octanol–water partition coefficient (Wildman–Crippen LogP) is 3.87. The first-order chi connectivity index (χ1) is 13.7. The van der Waals surface area contributed by atoms with Crippen LogP contribution in [0.4, 0.5) is 5.69 Å². The molecule has 4 nitrogen and oxygen atoms in total. The van der Waals surface area contributed by atoms with Crippen LogP contribution in [-0.2, 0) is 0 Å². The fourth-order valence-corrected chi connectivity index (χ4v) is 4.55. The maximum atomic E-state index is 5.38. The first-order valence-corrected chi connectivity index (χ1v) is 10.6. The van der Waals surface area contributed by atoms with Gasteiger partial charge in [0.2, 0.25) is 0 Å². The zero-order valence-corrected chi connectivity index (χ0v) is 17.2. The zero-order chi connectivity index (χ0) is 19.3. The van der Waals surface area contributed by atoms with Crippen molar-refractivity contribution in [3.63, 3.8) is 0 Å². The zero-order valence-electron chi connectivity index (χ0n) is 17.2. The predicted molar refractivity (Wildman–Crippen MR) is 117 cm³/mol. The largest absolute Gasteiger partial charge is 0.497 e. The van der Waals surface area contributed by atoms with E-state index in [1.165, 1.54) is 55.7 Å². The van der Waals surface area contributed by atoms with Crippen molar-refractivity contribution in [2.24, 2.45) is 5.92 Å². The summed E-state index contributed by atoms with van der Waals surface area (Å²) in [4.78, 5) is 4.98. The highest BCUT2D eigenvalue weighted by molar-refractivity contribution is 5.69. The molecule has 0 bridgehead atoms. The Morgan fingerprint density at radius 2 is 1.71 bits per heavy atom. The average Bonchev–Trinajstić information content (AvgIpc) is 3.18. The Morgan fingerprint density at radius 3 is 2.43 bits per heavy atom. The summed E-state index contributed by atoms with van der Waals surface area (Å²) in [6, 6.07) is 17.9. The molecular weight excluding hydrogens is 346 g/mol. The Hall–Kier alpha value is -2.04. The van der Waals surface area contributed by atoms with Crippen molar-refractivity contribution in [2.45, 2.75) is 25.3 Å².